The summed E-state index contributed by atoms with van der Waals surface area (Å²) in [5, 5.41) is 1.24. The second kappa shape index (κ2) is 4.78. The molecule has 16 heavy (non-hydrogen) atoms. The molecule has 5 heteroatoms. The molecule has 0 radical (unpaired) electrons. The first-order valence-electron chi connectivity index (χ1n) is 4.69. The second-order valence-electron chi connectivity index (χ2n) is 3.47. The van der Waals surface area contributed by atoms with Crippen molar-refractivity contribution in [1.82, 2.24) is 9.55 Å². The van der Waals surface area contributed by atoms with E-state index in [1.54, 1.807) is 6.20 Å². The highest BCUT2D eigenvalue weighted by atomic mass is 79.9. The Labute approximate surface area is 112 Å². The Kier molecular flexibility index (Phi) is 3.57. The van der Waals surface area contributed by atoms with E-state index in [2.05, 4.69) is 20.9 Å². The van der Waals surface area contributed by atoms with Crippen LogP contribution in [0.2, 0.25) is 10.2 Å². The van der Waals surface area contributed by atoms with Crippen molar-refractivity contribution >= 4 is 39.1 Å². The topological polar surface area (TPSA) is 17.8 Å². The van der Waals surface area contributed by atoms with Crippen LogP contribution in [-0.2, 0) is 6.54 Å². The van der Waals surface area contributed by atoms with Crippen molar-refractivity contribution in [2.45, 2.75) is 13.5 Å². The smallest absolute Gasteiger partial charge is 0.147 e. The van der Waals surface area contributed by atoms with Gasteiger partial charge in [0.1, 0.15) is 11.0 Å². The Morgan fingerprint density at radius 1 is 1.38 bits per heavy atom. The van der Waals surface area contributed by atoms with Crippen LogP contribution in [0.1, 0.15) is 11.4 Å². The Morgan fingerprint density at radius 2 is 2.12 bits per heavy atom. The van der Waals surface area contributed by atoms with Gasteiger partial charge in [-0.25, -0.2) is 4.98 Å². The number of nitrogens with zero attached hydrogens (tertiary/aromatic N) is 2. The molecule has 0 N–H and O–H groups in total. The Balaban J connectivity index is 2.30. The molecule has 0 amide bonds. The maximum atomic E-state index is 6.14. The highest BCUT2D eigenvalue weighted by Crippen LogP contribution is 2.23. The van der Waals surface area contributed by atoms with Crippen molar-refractivity contribution < 1.29 is 0 Å². The van der Waals surface area contributed by atoms with Gasteiger partial charge in [0.15, 0.2) is 0 Å². The van der Waals surface area contributed by atoms with Gasteiger partial charge >= 0.3 is 0 Å². The van der Waals surface area contributed by atoms with E-state index < -0.39 is 0 Å². The van der Waals surface area contributed by atoms with Crippen LogP contribution in [-0.4, -0.2) is 9.55 Å². The summed E-state index contributed by atoms with van der Waals surface area (Å²) in [6.45, 7) is 2.59. The van der Waals surface area contributed by atoms with E-state index in [1.807, 2.05) is 29.7 Å². The minimum Gasteiger partial charge on any atom is -0.329 e. The zero-order chi connectivity index (χ0) is 11.7. The minimum absolute atomic E-state index is 0.505. The summed E-state index contributed by atoms with van der Waals surface area (Å²) in [4.78, 5) is 4.13. The van der Waals surface area contributed by atoms with E-state index in [9.17, 15) is 0 Å². The van der Waals surface area contributed by atoms with Gasteiger partial charge in [0, 0.05) is 15.7 Å². The molecule has 0 aliphatic heterocycles. The largest absolute Gasteiger partial charge is 0.329 e. The standard InChI is InChI=1S/C11H9BrCl2N2/c1-7-15-11(14)6-16(7)5-8-2-3-9(12)4-10(8)13/h2-4,6H,5H2,1H3. The number of aryl methyl sites for hydroxylation is 1. The Bertz CT molecular complexity index is 523. The van der Waals surface area contributed by atoms with Crippen LogP contribution >= 0.6 is 39.1 Å². The fourth-order valence-corrected chi connectivity index (χ4v) is 2.44. The highest BCUT2D eigenvalue weighted by Gasteiger charge is 2.06. The van der Waals surface area contributed by atoms with Crippen LogP contribution in [0.15, 0.2) is 28.9 Å². The number of hydrogen-bond acceptors (Lipinski definition) is 1. The van der Waals surface area contributed by atoms with Crippen molar-refractivity contribution in [3.8, 4) is 0 Å². The molecule has 0 fully saturated rings. The number of halogens is 3. The molecule has 0 aliphatic carbocycles. The van der Waals surface area contributed by atoms with Crippen molar-refractivity contribution in [1.29, 1.82) is 0 Å². The molecule has 1 heterocycles. The lowest BCUT2D eigenvalue weighted by atomic mass is 10.2. The van der Waals surface area contributed by atoms with Crippen LogP contribution in [0.3, 0.4) is 0 Å². The predicted octanol–water partition coefficient (Wildman–Crippen LogP) is 4.31. The van der Waals surface area contributed by atoms with Crippen molar-refractivity contribution in [3.63, 3.8) is 0 Å². The molecule has 84 valence electrons. The molecule has 0 atom stereocenters. The SMILES string of the molecule is Cc1nc(Cl)cn1Cc1ccc(Br)cc1Cl. The highest BCUT2D eigenvalue weighted by molar-refractivity contribution is 9.10. The van der Waals surface area contributed by atoms with Gasteiger partial charge in [0.2, 0.25) is 0 Å². The van der Waals surface area contributed by atoms with Gasteiger partial charge in [-0.1, -0.05) is 45.2 Å². The van der Waals surface area contributed by atoms with Crippen molar-refractivity contribution in [2.24, 2.45) is 0 Å². The van der Waals surface area contributed by atoms with E-state index in [4.69, 9.17) is 23.2 Å². The molecule has 0 spiro atoms. The van der Waals surface area contributed by atoms with Crippen LogP contribution in [0.25, 0.3) is 0 Å². The number of imidazole rings is 1. The molecule has 0 saturated carbocycles. The molecule has 2 rings (SSSR count). The maximum absolute atomic E-state index is 6.14. The zero-order valence-corrected chi connectivity index (χ0v) is 11.6. The van der Waals surface area contributed by atoms with Gasteiger partial charge in [-0.15, -0.1) is 0 Å². The fourth-order valence-electron chi connectivity index (χ4n) is 1.46. The molecule has 0 bridgehead atoms. The van der Waals surface area contributed by atoms with E-state index in [0.29, 0.717) is 11.7 Å². The van der Waals surface area contributed by atoms with Crippen LogP contribution in [0.5, 0.6) is 0 Å². The van der Waals surface area contributed by atoms with Gasteiger partial charge in [-0.05, 0) is 24.6 Å². The zero-order valence-electron chi connectivity index (χ0n) is 8.54. The van der Waals surface area contributed by atoms with Gasteiger partial charge in [0.25, 0.3) is 0 Å². The Morgan fingerprint density at radius 3 is 2.69 bits per heavy atom. The van der Waals surface area contributed by atoms with E-state index in [-0.39, 0.29) is 0 Å². The summed E-state index contributed by atoms with van der Waals surface area (Å²) in [5.41, 5.74) is 1.04. The summed E-state index contributed by atoms with van der Waals surface area (Å²) in [7, 11) is 0. The number of rotatable bonds is 2. The van der Waals surface area contributed by atoms with Gasteiger partial charge in [0.05, 0.1) is 6.54 Å². The van der Waals surface area contributed by atoms with Gasteiger partial charge in [-0.2, -0.15) is 0 Å². The summed E-state index contributed by atoms with van der Waals surface area (Å²) in [5.74, 6) is 0.879. The van der Waals surface area contributed by atoms with Crippen molar-refractivity contribution in [3.05, 3.63) is 50.4 Å². The van der Waals surface area contributed by atoms with E-state index in [1.165, 1.54) is 0 Å². The maximum Gasteiger partial charge on any atom is 0.147 e. The minimum atomic E-state index is 0.505. The third-order valence-corrected chi connectivity index (χ3v) is 3.33. The quantitative estimate of drug-likeness (QED) is 0.806. The summed E-state index contributed by atoms with van der Waals surface area (Å²) in [6.07, 6.45) is 1.80. The average molecular weight is 320 g/mol. The molecule has 2 aromatic rings. The number of benzene rings is 1. The molecule has 0 aliphatic rings. The first-order chi connectivity index (χ1) is 7.56. The Hall–Kier alpha value is -0.510. The van der Waals surface area contributed by atoms with Crippen LogP contribution in [0, 0.1) is 6.92 Å². The van der Waals surface area contributed by atoms with E-state index in [0.717, 1.165) is 20.9 Å². The molecule has 0 saturated heterocycles. The molecular formula is C11H9BrCl2N2. The van der Waals surface area contributed by atoms with Crippen LogP contribution in [0.4, 0.5) is 0 Å². The monoisotopic (exact) mass is 318 g/mol. The first-order valence-corrected chi connectivity index (χ1v) is 6.24. The second-order valence-corrected chi connectivity index (χ2v) is 5.18. The molecule has 0 unspecified atom stereocenters. The first kappa shape index (κ1) is 12.0. The lowest BCUT2D eigenvalue weighted by Crippen LogP contribution is -2.01. The van der Waals surface area contributed by atoms with E-state index >= 15 is 0 Å². The molecule has 1 aromatic heterocycles. The lowest BCUT2D eigenvalue weighted by molar-refractivity contribution is 0.762. The van der Waals surface area contributed by atoms with Gasteiger partial charge in [-0.3, -0.25) is 0 Å². The average Bonchev–Trinajstić information content (AvgIpc) is 2.50. The molecular weight excluding hydrogens is 311 g/mol. The fraction of sp³-hybridized carbons (Fsp3) is 0.182. The number of hydrogen-bond donors (Lipinski definition) is 0. The molecule has 1 aromatic carbocycles. The normalized spacial score (nSPS) is 10.8. The lowest BCUT2D eigenvalue weighted by Gasteiger charge is -2.07. The third kappa shape index (κ3) is 2.59. The summed E-state index contributed by atoms with van der Waals surface area (Å²) in [6, 6.07) is 5.83. The summed E-state index contributed by atoms with van der Waals surface area (Å²) >= 11 is 15.3. The third-order valence-electron chi connectivity index (χ3n) is 2.30. The molecule has 2 nitrogen and oxygen atoms in total. The summed E-state index contributed by atoms with van der Waals surface area (Å²) < 4.78 is 2.94. The van der Waals surface area contributed by atoms with Crippen LogP contribution < -0.4 is 0 Å². The van der Waals surface area contributed by atoms with Crippen molar-refractivity contribution in [2.75, 3.05) is 0 Å². The predicted molar refractivity (Wildman–Crippen MR) is 70.2 cm³/mol. The number of aromatic nitrogens is 2. The van der Waals surface area contributed by atoms with Gasteiger partial charge < -0.3 is 4.57 Å².